The van der Waals surface area contributed by atoms with E-state index in [0.29, 0.717) is 5.54 Å². The predicted octanol–water partition coefficient (Wildman–Crippen LogP) is 2.53. The first-order valence-corrected chi connectivity index (χ1v) is 7.75. The Balaban J connectivity index is 1.81. The Labute approximate surface area is 114 Å². The van der Waals surface area contributed by atoms with E-state index >= 15 is 0 Å². The minimum absolute atomic E-state index is 0.0193. The van der Waals surface area contributed by atoms with Crippen molar-refractivity contribution in [2.24, 2.45) is 23.5 Å². The van der Waals surface area contributed by atoms with Crippen LogP contribution in [0.3, 0.4) is 0 Å². The molecule has 1 heterocycles. The summed E-state index contributed by atoms with van der Waals surface area (Å²) in [7, 11) is 0. The molecule has 0 spiro atoms. The van der Waals surface area contributed by atoms with Crippen molar-refractivity contribution in [2.45, 2.75) is 64.0 Å². The fourth-order valence-electron chi connectivity index (χ4n) is 5.60. The van der Waals surface area contributed by atoms with Crippen molar-refractivity contribution in [1.82, 2.24) is 14.8 Å². The topological polar surface area (TPSA) is 56.7 Å². The third kappa shape index (κ3) is 1.62. The van der Waals surface area contributed by atoms with E-state index in [-0.39, 0.29) is 6.04 Å². The minimum Gasteiger partial charge on any atom is -0.322 e. The Kier molecular flexibility index (Phi) is 2.39. The lowest BCUT2D eigenvalue weighted by atomic mass is 9.53. The van der Waals surface area contributed by atoms with Gasteiger partial charge >= 0.3 is 0 Å². The Bertz CT molecular complexity index is 467. The molecule has 4 aliphatic rings. The van der Waals surface area contributed by atoms with E-state index in [4.69, 9.17) is 5.73 Å². The first-order valence-electron chi connectivity index (χ1n) is 7.75. The van der Waals surface area contributed by atoms with Gasteiger partial charge in [-0.1, -0.05) is 0 Å². The van der Waals surface area contributed by atoms with Gasteiger partial charge in [0.2, 0.25) is 0 Å². The molecule has 0 amide bonds. The number of hydrogen-bond donors (Lipinski definition) is 1. The Morgan fingerprint density at radius 1 is 1.11 bits per heavy atom. The lowest BCUT2D eigenvalue weighted by molar-refractivity contribution is -0.0458. The lowest BCUT2D eigenvalue weighted by Gasteiger charge is -2.57. The van der Waals surface area contributed by atoms with Gasteiger partial charge in [0.1, 0.15) is 11.6 Å². The summed E-state index contributed by atoms with van der Waals surface area (Å²) in [6, 6.07) is -0.0193. The van der Waals surface area contributed by atoms with Crippen LogP contribution in [0.25, 0.3) is 0 Å². The van der Waals surface area contributed by atoms with Gasteiger partial charge < -0.3 is 10.3 Å². The molecule has 4 aliphatic carbocycles. The number of nitrogens with zero attached hydrogens (tertiary/aromatic N) is 3. The van der Waals surface area contributed by atoms with Gasteiger partial charge in [-0.3, -0.25) is 0 Å². The summed E-state index contributed by atoms with van der Waals surface area (Å²) in [4.78, 5) is 0. The van der Waals surface area contributed by atoms with Crippen molar-refractivity contribution in [3.63, 3.8) is 0 Å². The van der Waals surface area contributed by atoms with Crippen molar-refractivity contribution in [3.05, 3.63) is 11.6 Å². The van der Waals surface area contributed by atoms with E-state index in [1.54, 1.807) is 0 Å². The van der Waals surface area contributed by atoms with E-state index in [9.17, 15) is 0 Å². The maximum Gasteiger partial charge on any atom is 0.150 e. The average molecular weight is 260 g/mol. The third-order valence-electron chi connectivity index (χ3n) is 5.74. The largest absolute Gasteiger partial charge is 0.322 e. The van der Waals surface area contributed by atoms with Crippen LogP contribution in [-0.4, -0.2) is 14.8 Å². The van der Waals surface area contributed by atoms with Crippen LogP contribution in [0, 0.1) is 24.7 Å². The van der Waals surface area contributed by atoms with Gasteiger partial charge in [-0.15, -0.1) is 10.2 Å². The Hall–Kier alpha value is -0.900. The number of nitrogens with two attached hydrogens (primary N) is 1. The van der Waals surface area contributed by atoms with Crippen LogP contribution in [0.1, 0.15) is 63.1 Å². The summed E-state index contributed by atoms with van der Waals surface area (Å²) >= 11 is 0. The Morgan fingerprint density at radius 2 is 1.63 bits per heavy atom. The fraction of sp³-hybridized carbons (Fsp3) is 0.867. The summed E-state index contributed by atoms with van der Waals surface area (Å²) in [6.45, 7) is 4.12. The second-order valence-electron chi connectivity index (χ2n) is 7.37. The third-order valence-corrected chi connectivity index (χ3v) is 5.74. The molecule has 0 radical (unpaired) electrons. The van der Waals surface area contributed by atoms with Crippen molar-refractivity contribution in [3.8, 4) is 0 Å². The molecule has 4 nitrogen and oxygen atoms in total. The molecule has 1 aromatic heterocycles. The first-order chi connectivity index (χ1) is 9.07. The standard InChI is InChI=1S/C15H24N4/c1-9(16)14-18-17-10(2)19(14)15-6-11-3-12(7-15)5-13(4-11)8-15/h9,11-13H,3-8,16H2,1-2H3. The van der Waals surface area contributed by atoms with Crippen molar-refractivity contribution >= 4 is 0 Å². The summed E-state index contributed by atoms with van der Waals surface area (Å²) in [5.41, 5.74) is 6.42. The highest BCUT2D eigenvalue weighted by Crippen LogP contribution is 2.59. The van der Waals surface area contributed by atoms with E-state index in [1.165, 1.54) is 38.5 Å². The van der Waals surface area contributed by atoms with Crippen molar-refractivity contribution in [1.29, 1.82) is 0 Å². The molecule has 1 atom stereocenters. The molecule has 19 heavy (non-hydrogen) atoms. The van der Waals surface area contributed by atoms with Gasteiger partial charge in [0.25, 0.3) is 0 Å². The molecule has 0 saturated heterocycles. The highest BCUT2D eigenvalue weighted by atomic mass is 15.3. The number of aryl methyl sites for hydroxylation is 1. The van der Waals surface area contributed by atoms with Gasteiger partial charge in [0.05, 0.1) is 6.04 Å². The number of rotatable bonds is 2. The second-order valence-corrected chi connectivity index (χ2v) is 7.37. The van der Waals surface area contributed by atoms with Gasteiger partial charge in [-0.25, -0.2) is 0 Å². The maximum absolute atomic E-state index is 6.12. The van der Waals surface area contributed by atoms with Gasteiger partial charge in [0, 0.05) is 5.54 Å². The SMILES string of the molecule is Cc1nnc(C(C)N)n1C12CC3CC(CC(C3)C1)C2. The molecule has 4 saturated carbocycles. The van der Waals surface area contributed by atoms with Crippen molar-refractivity contribution in [2.75, 3.05) is 0 Å². The van der Waals surface area contributed by atoms with Gasteiger partial charge in [-0.2, -0.15) is 0 Å². The van der Waals surface area contributed by atoms with Gasteiger partial charge in [-0.05, 0) is 70.1 Å². The molecular weight excluding hydrogens is 236 g/mol. The zero-order chi connectivity index (χ0) is 13.2. The van der Waals surface area contributed by atoms with Crippen LogP contribution in [0.4, 0.5) is 0 Å². The summed E-state index contributed by atoms with van der Waals surface area (Å²) < 4.78 is 2.43. The molecule has 0 aliphatic heterocycles. The molecule has 4 fully saturated rings. The van der Waals surface area contributed by atoms with Crippen LogP contribution in [0.15, 0.2) is 0 Å². The first kappa shape index (κ1) is 11.9. The highest BCUT2D eigenvalue weighted by Gasteiger charge is 2.53. The van der Waals surface area contributed by atoms with Crippen LogP contribution in [-0.2, 0) is 5.54 Å². The lowest BCUT2D eigenvalue weighted by Crippen LogP contribution is -2.52. The van der Waals surface area contributed by atoms with E-state index in [1.807, 2.05) is 6.92 Å². The molecule has 0 aromatic carbocycles. The average Bonchev–Trinajstić information content (AvgIpc) is 2.70. The van der Waals surface area contributed by atoms with Crippen molar-refractivity contribution < 1.29 is 0 Å². The summed E-state index contributed by atoms with van der Waals surface area (Å²) in [5, 5.41) is 8.69. The quantitative estimate of drug-likeness (QED) is 0.889. The normalized spacial score (nSPS) is 41.7. The smallest absolute Gasteiger partial charge is 0.150 e. The monoisotopic (exact) mass is 260 g/mol. The summed E-state index contributed by atoms with van der Waals surface area (Å²) in [5.74, 6) is 4.88. The fourth-order valence-corrected chi connectivity index (χ4v) is 5.60. The molecule has 4 bridgehead atoms. The van der Waals surface area contributed by atoms with E-state index in [2.05, 4.69) is 21.7 Å². The molecule has 2 N–H and O–H groups in total. The van der Waals surface area contributed by atoms with Crippen LogP contribution >= 0.6 is 0 Å². The second kappa shape index (κ2) is 3.81. The van der Waals surface area contributed by atoms with E-state index in [0.717, 1.165) is 29.4 Å². The van der Waals surface area contributed by atoms with Crippen LogP contribution < -0.4 is 5.73 Å². The molecule has 5 rings (SSSR count). The molecular formula is C15H24N4. The summed E-state index contributed by atoms with van der Waals surface area (Å²) in [6.07, 6.45) is 8.39. The molecule has 4 heteroatoms. The minimum atomic E-state index is -0.0193. The van der Waals surface area contributed by atoms with Crippen LogP contribution in [0.5, 0.6) is 0 Å². The van der Waals surface area contributed by atoms with E-state index < -0.39 is 0 Å². The van der Waals surface area contributed by atoms with Gasteiger partial charge in [0.15, 0.2) is 0 Å². The zero-order valence-corrected chi connectivity index (χ0v) is 12.0. The molecule has 1 aromatic rings. The zero-order valence-electron chi connectivity index (χ0n) is 12.0. The Morgan fingerprint density at radius 3 is 2.11 bits per heavy atom. The number of hydrogen-bond acceptors (Lipinski definition) is 3. The molecule has 104 valence electrons. The maximum atomic E-state index is 6.12. The molecule has 1 unspecified atom stereocenters. The van der Waals surface area contributed by atoms with Crippen LogP contribution in [0.2, 0.25) is 0 Å². The predicted molar refractivity (Wildman–Crippen MR) is 73.5 cm³/mol. The number of aromatic nitrogens is 3. The highest BCUT2D eigenvalue weighted by molar-refractivity contribution is 5.12.